The zero-order valence-corrected chi connectivity index (χ0v) is 60.6. The molecule has 90 heavy (non-hydrogen) atoms. The van der Waals surface area contributed by atoms with Crippen molar-refractivity contribution in [1.29, 1.82) is 0 Å². The first kappa shape index (κ1) is 88.1. The Morgan fingerprint density at radius 1 is 0.278 bits per heavy atom. The normalized spacial score (nSPS) is 14.3. The number of aliphatic hydroxyl groups is 1. The lowest BCUT2D eigenvalue weighted by atomic mass is 10.0. The summed E-state index contributed by atoms with van der Waals surface area (Å²) < 4.78 is 68.3. The van der Waals surface area contributed by atoms with E-state index < -0.39 is 97.5 Å². The molecule has 5 atom stereocenters. The predicted octanol–water partition coefficient (Wildman–Crippen LogP) is 20.1. The molecule has 0 aliphatic carbocycles. The number of carbonyl (C=O) groups is 4. The Morgan fingerprint density at radius 2 is 0.467 bits per heavy atom. The van der Waals surface area contributed by atoms with Crippen LogP contribution in [0.5, 0.6) is 0 Å². The third-order valence-corrected chi connectivity index (χ3v) is 18.2. The highest BCUT2D eigenvalue weighted by atomic mass is 31.2. The third-order valence-electron chi connectivity index (χ3n) is 16.3. The van der Waals surface area contributed by atoms with Gasteiger partial charge in [0.2, 0.25) is 0 Å². The van der Waals surface area contributed by atoms with E-state index in [1.165, 1.54) is 148 Å². The molecule has 0 heterocycles. The Kier molecular flexibility index (Phi) is 59.4. The average Bonchev–Trinajstić information content (AvgIpc) is 3.70. The van der Waals surface area contributed by atoms with Crippen LogP contribution in [0, 0.1) is 23.7 Å². The largest absolute Gasteiger partial charge is 0.472 e. The fourth-order valence-corrected chi connectivity index (χ4v) is 12.2. The van der Waals surface area contributed by atoms with E-state index in [2.05, 4.69) is 55.4 Å². The van der Waals surface area contributed by atoms with Gasteiger partial charge in [-0.25, -0.2) is 9.13 Å². The van der Waals surface area contributed by atoms with Crippen LogP contribution >= 0.6 is 15.6 Å². The molecule has 0 saturated carbocycles. The van der Waals surface area contributed by atoms with E-state index in [1.807, 2.05) is 0 Å². The van der Waals surface area contributed by atoms with Crippen LogP contribution in [-0.2, 0) is 65.4 Å². The van der Waals surface area contributed by atoms with E-state index in [1.54, 1.807) is 0 Å². The molecule has 0 aliphatic rings. The van der Waals surface area contributed by atoms with Gasteiger partial charge in [-0.2, -0.15) is 0 Å². The molecule has 0 aromatic heterocycles. The van der Waals surface area contributed by atoms with Crippen molar-refractivity contribution in [1.82, 2.24) is 0 Å². The Morgan fingerprint density at radius 3 is 0.689 bits per heavy atom. The lowest BCUT2D eigenvalue weighted by Crippen LogP contribution is -2.30. The fourth-order valence-electron chi connectivity index (χ4n) is 10.7. The SMILES string of the molecule is CC(C)CCCCCCCCCCCCCC(=O)OC[C@H](COP(=O)(O)OC[C@@H](O)COP(=O)(O)OC[C@@H](COC(=O)CCCCCCCCC(C)C)OC(=O)CCCCCCCCCCCCCC(C)C)OC(=O)CCCCCCCCCCCCC(C)C. The summed E-state index contributed by atoms with van der Waals surface area (Å²) >= 11 is 0. The van der Waals surface area contributed by atoms with Gasteiger partial charge in [0.25, 0.3) is 0 Å². The van der Waals surface area contributed by atoms with E-state index >= 15 is 0 Å². The van der Waals surface area contributed by atoms with Gasteiger partial charge in [0.05, 0.1) is 26.4 Å². The molecular weight excluding hydrogens is 1190 g/mol. The standard InChI is InChI=1S/C71H138O17P2/c1-61(2)47-39-31-23-17-11-9-13-20-26-35-43-51-68(73)81-57-66(87-71(76)54-46-38-28-22-16-15-19-25-33-41-49-63(5)6)59-85-89(77,78)83-55-65(72)56-84-90(79,80)86-60-67(58-82-69(74)52-44-36-30-29-34-42-50-64(7)8)88-70(75)53-45-37-27-21-14-10-12-18-24-32-40-48-62(3)4/h61-67,72H,9-60H2,1-8H3,(H,77,78)(H,79,80)/t65-,66-,67-/m1/s1. The zero-order chi connectivity index (χ0) is 66.8. The van der Waals surface area contributed by atoms with Crippen LogP contribution in [0.2, 0.25) is 0 Å². The number of phosphoric acid groups is 2. The van der Waals surface area contributed by atoms with Crippen molar-refractivity contribution in [3.8, 4) is 0 Å². The summed E-state index contributed by atoms with van der Waals surface area (Å²) in [6, 6.07) is 0. The lowest BCUT2D eigenvalue weighted by Gasteiger charge is -2.21. The first-order valence-corrected chi connectivity index (χ1v) is 39.7. The predicted molar refractivity (Wildman–Crippen MR) is 363 cm³/mol. The number of ether oxygens (including phenoxy) is 4. The molecular formula is C71H138O17P2. The number of phosphoric ester groups is 2. The molecule has 0 saturated heterocycles. The lowest BCUT2D eigenvalue weighted by molar-refractivity contribution is -0.161. The number of hydrogen-bond donors (Lipinski definition) is 3. The number of hydrogen-bond acceptors (Lipinski definition) is 15. The van der Waals surface area contributed by atoms with Crippen molar-refractivity contribution >= 4 is 39.5 Å². The molecule has 0 rings (SSSR count). The van der Waals surface area contributed by atoms with Crippen LogP contribution in [0.15, 0.2) is 0 Å². The topological polar surface area (TPSA) is 237 Å². The Hall–Kier alpha value is -1.94. The molecule has 0 aromatic rings. The van der Waals surface area contributed by atoms with Gasteiger partial charge in [-0.05, 0) is 49.4 Å². The van der Waals surface area contributed by atoms with E-state index in [9.17, 15) is 43.2 Å². The van der Waals surface area contributed by atoms with E-state index in [-0.39, 0.29) is 25.7 Å². The van der Waals surface area contributed by atoms with Gasteiger partial charge in [-0.1, -0.05) is 299 Å². The first-order chi connectivity index (χ1) is 43.1. The average molecular weight is 1330 g/mol. The van der Waals surface area contributed by atoms with Crippen molar-refractivity contribution in [3.63, 3.8) is 0 Å². The maximum atomic E-state index is 13.0. The van der Waals surface area contributed by atoms with Gasteiger partial charge in [0.1, 0.15) is 19.3 Å². The molecule has 0 aliphatic heterocycles. The second-order valence-corrected chi connectivity index (χ2v) is 30.4. The molecule has 0 bridgehead atoms. The highest BCUT2D eigenvalue weighted by Crippen LogP contribution is 2.45. The van der Waals surface area contributed by atoms with E-state index in [0.717, 1.165) is 114 Å². The third kappa shape index (κ3) is 64.8. The Balaban J connectivity index is 5.25. The Labute approximate surface area is 549 Å². The van der Waals surface area contributed by atoms with Crippen LogP contribution < -0.4 is 0 Å². The number of unbranched alkanes of at least 4 members (excludes halogenated alkanes) is 34. The minimum atomic E-state index is -4.95. The number of carbonyl (C=O) groups excluding carboxylic acids is 4. The summed E-state index contributed by atoms with van der Waals surface area (Å²) in [6.07, 6.45) is 43.1. The van der Waals surface area contributed by atoms with Gasteiger partial charge in [-0.15, -0.1) is 0 Å². The second-order valence-electron chi connectivity index (χ2n) is 27.5. The van der Waals surface area contributed by atoms with Crippen LogP contribution in [-0.4, -0.2) is 96.7 Å². The summed E-state index contributed by atoms with van der Waals surface area (Å²) in [4.78, 5) is 72.6. The summed E-state index contributed by atoms with van der Waals surface area (Å²) in [5.74, 6) is 0.839. The summed E-state index contributed by atoms with van der Waals surface area (Å²) in [5.41, 5.74) is 0. The minimum absolute atomic E-state index is 0.105. The highest BCUT2D eigenvalue weighted by Gasteiger charge is 2.30. The molecule has 2 unspecified atom stereocenters. The highest BCUT2D eigenvalue weighted by molar-refractivity contribution is 7.47. The molecule has 0 spiro atoms. The molecule has 3 N–H and O–H groups in total. The van der Waals surface area contributed by atoms with Crippen LogP contribution in [0.25, 0.3) is 0 Å². The van der Waals surface area contributed by atoms with Gasteiger partial charge >= 0.3 is 39.5 Å². The van der Waals surface area contributed by atoms with Crippen LogP contribution in [0.4, 0.5) is 0 Å². The quantitative estimate of drug-likeness (QED) is 0.0222. The van der Waals surface area contributed by atoms with Crippen molar-refractivity contribution in [2.45, 2.75) is 369 Å². The van der Waals surface area contributed by atoms with Gasteiger partial charge in [-0.3, -0.25) is 37.3 Å². The van der Waals surface area contributed by atoms with Gasteiger partial charge in [0, 0.05) is 25.7 Å². The van der Waals surface area contributed by atoms with E-state index in [4.69, 9.17) is 37.0 Å². The van der Waals surface area contributed by atoms with Gasteiger partial charge < -0.3 is 33.8 Å². The smallest absolute Gasteiger partial charge is 0.462 e. The molecule has 534 valence electrons. The molecule has 0 amide bonds. The van der Waals surface area contributed by atoms with Crippen molar-refractivity contribution in [3.05, 3.63) is 0 Å². The number of rotatable bonds is 68. The number of esters is 4. The summed E-state index contributed by atoms with van der Waals surface area (Å²) in [5, 5.41) is 10.6. The molecule has 17 nitrogen and oxygen atoms in total. The molecule has 0 radical (unpaired) electrons. The molecule has 19 heteroatoms. The first-order valence-electron chi connectivity index (χ1n) is 36.7. The zero-order valence-electron chi connectivity index (χ0n) is 58.8. The number of aliphatic hydroxyl groups excluding tert-OH is 1. The molecule has 0 aromatic carbocycles. The van der Waals surface area contributed by atoms with Crippen molar-refractivity contribution in [2.75, 3.05) is 39.6 Å². The fraction of sp³-hybridized carbons (Fsp3) is 0.944. The van der Waals surface area contributed by atoms with E-state index in [0.29, 0.717) is 31.6 Å². The minimum Gasteiger partial charge on any atom is -0.462 e. The summed E-state index contributed by atoms with van der Waals surface area (Å²) in [7, 11) is -9.90. The van der Waals surface area contributed by atoms with Gasteiger partial charge in [0.15, 0.2) is 12.2 Å². The van der Waals surface area contributed by atoms with Crippen molar-refractivity contribution in [2.24, 2.45) is 23.7 Å². The monoisotopic (exact) mass is 1320 g/mol. The second kappa shape index (κ2) is 60.7. The van der Waals surface area contributed by atoms with Crippen LogP contribution in [0.3, 0.4) is 0 Å². The molecule has 0 fully saturated rings. The summed E-state index contributed by atoms with van der Waals surface area (Å²) in [6.45, 7) is 14.1. The maximum absolute atomic E-state index is 13.0. The Bertz CT molecular complexity index is 1780. The van der Waals surface area contributed by atoms with Crippen LogP contribution in [0.1, 0.15) is 351 Å². The maximum Gasteiger partial charge on any atom is 0.472 e. The van der Waals surface area contributed by atoms with Crippen molar-refractivity contribution < 1.29 is 80.2 Å².